The molecule has 0 aliphatic heterocycles. The van der Waals surface area contributed by atoms with E-state index in [2.05, 4.69) is 0 Å². The largest absolute Gasteiger partial charge is 0.497 e. The molecule has 7 nitrogen and oxygen atoms in total. The van der Waals surface area contributed by atoms with Crippen molar-refractivity contribution in [2.75, 3.05) is 7.11 Å². The first kappa shape index (κ1) is 17.4. The van der Waals surface area contributed by atoms with Crippen molar-refractivity contribution in [2.45, 2.75) is 12.5 Å². The van der Waals surface area contributed by atoms with Crippen molar-refractivity contribution < 1.29 is 34.4 Å². The van der Waals surface area contributed by atoms with Crippen LogP contribution in [0.25, 0.3) is 0 Å². The van der Waals surface area contributed by atoms with Crippen LogP contribution in [-0.2, 0) is 9.59 Å². The quantitative estimate of drug-likeness (QED) is 0.483. The molecule has 118 valence electrons. The molecule has 0 saturated carbocycles. The van der Waals surface area contributed by atoms with Crippen molar-refractivity contribution in [3.63, 3.8) is 0 Å². The van der Waals surface area contributed by atoms with E-state index in [1.165, 1.54) is 19.2 Å². The van der Waals surface area contributed by atoms with Crippen LogP contribution >= 0.6 is 0 Å². The zero-order chi connectivity index (χ0) is 16.7. The van der Waals surface area contributed by atoms with Crippen LogP contribution in [0.5, 0.6) is 5.75 Å². The van der Waals surface area contributed by atoms with Crippen LogP contribution < -0.4 is 4.74 Å². The van der Waals surface area contributed by atoms with Crippen LogP contribution in [0.1, 0.15) is 16.8 Å². The van der Waals surface area contributed by atoms with Gasteiger partial charge in [-0.2, -0.15) is 0 Å². The van der Waals surface area contributed by atoms with Gasteiger partial charge in [-0.05, 0) is 24.3 Å². The Morgan fingerprint density at radius 3 is 2.23 bits per heavy atom. The van der Waals surface area contributed by atoms with Crippen molar-refractivity contribution >= 4 is 17.7 Å². The van der Waals surface area contributed by atoms with Gasteiger partial charge >= 0.3 is 11.9 Å². The van der Waals surface area contributed by atoms with E-state index >= 15 is 0 Å². The highest BCUT2D eigenvalue weighted by Gasteiger charge is 2.26. The highest BCUT2D eigenvalue weighted by molar-refractivity contribution is 5.97. The molecule has 0 unspecified atom stereocenters. The second kappa shape index (κ2) is 7.94. The summed E-state index contributed by atoms with van der Waals surface area (Å²) in [7, 11) is 1.48. The van der Waals surface area contributed by atoms with E-state index in [0.29, 0.717) is 17.4 Å². The third-order valence-electron chi connectivity index (χ3n) is 2.98. The van der Waals surface area contributed by atoms with E-state index < -0.39 is 29.7 Å². The van der Waals surface area contributed by atoms with Crippen molar-refractivity contribution in [1.82, 2.24) is 0 Å². The summed E-state index contributed by atoms with van der Waals surface area (Å²) in [5, 5.41) is 26.9. The first-order valence-electron chi connectivity index (χ1n) is 6.34. The van der Waals surface area contributed by atoms with Gasteiger partial charge in [-0.1, -0.05) is 6.08 Å². The number of methoxy groups -OCH3 is 1. The molecule has 1 rings (SSSR count). The van der Waals surface area contributed by atoms with Crippen molar-refractivity contribution in [1.29, 1.82) is 0 Å². The number of hydrogen-bond donors (Lipinski definition) is 3. The van der Waals surface area contributed by atoms with E-state index in [0.717, 1.165) is 6.08 Å². The molecule has 3 N–H and O–H groups in total. The Morgan fingerprint density at radius 1 is 1.18 bits per heavy atom. The van der Waals surface area contributed by atoms with Crippen LogP contribution in [0.3, 0.4) is 0 Å². The Hall–Kier alpha value is -2.67. The Labute approximate surface area is 126 Å². The van der Waals surface area contributed by atoms with Gasteiger partial charge in [0.15, 0.2) is 11.9 Å². The van der Waals surface area contributed by atoms with Gasteiger partial charge in [0.1, 0.15) is 5.75 Å². The lowest BCUT2D eigenvalue weighted by atomic mass is 9.93. The molecule has 0 aromatic heterocycles. The predicted octanol–water partition coefficient (Wildman–Crippen LogP) is 0.970. The minimum absolute atomic E-state index is 0.312. The summed E-state index contributed by atoms with van der Waals surface area (Å²) in [6, 6.07) is 6.16. The molecule has 0 saturated heterocycles. The summed E-state index contributed by atoms with van der Waals surface area (Å²) in [6.07, 6.45) is -0.484. The molecule has 7 heteroatoms. The molecule has 0 bridgehead atoms. The minimum Gasteiger partial charge on any atom is -0.497 e. The lowest BCUT2D eigenvalue weighted by Gasteiger charge is -2.15. The zero-order valence-corrected chi connectivity index (χ0v) is 11.8. The highest BCUT2D eigenvalue weighted by atomic mass is 16.5. The van der Waals surface area contributed by atoms with Gasteiger partial charge in [-0.3, -0.25) is 4.79 Å². The molecule has 22 heavy (non-hydrogen) atoms. The summed E-state index contributed by atoms with van der Waals surface area (Å²) >= 11 is 0. The van der Waals surface area contributed by atoms with Gasteiger partial charge in [0, 0.05) is 24.0 Å². The molecular weight excluding hydrogens is 292 g/mol. The number of aliphatic hydroxyl groups is 1. The van der Waals surface area contributed by atoms with Gasteiger partial charge in [0.25, 0.3) is 0 Å². The Balaban J connectivity index is 2.89. The van der Waals surface area contributed by atoms with Crippen LogP contribution in [0.4, 0.5) is 0 Å². The summed E-state index contributed by atoms with van der Waals surface area (Å²) < 4.78 is 4.96. The number of ketones is 1. The number of hydrogen-bond acceptors (Lipinski definition) is 5. The molecule has 2 atom stereocenters. The second-order valence-electron chi connectivity index (χ2n) is 4.50. The van der Waals surface area contributed by atoms with Crippen LogP contribution in [0.15, 0.2) is 36.4 Å². The number of Topliss-reactive ketones (excluding diaryl/α,β-unsaturated/α-hetero) is 1. The topological polar surface area (TPSA) is 121 Å². The fraction of sp³-hybridized carbons (Fsp3) is 0.267. The summed E-state index contributed by atoms with van der Waals surface area (Å²) in [4.78, 5) is 33.4. The molecular formula is C15H16O7. The number of carboxylic acids is 2. The summed E-state index contributed by atoms with van der Waals surface area (Å²) in [5.41, 5.74) is 0.312. The first-order chi connectivity index (χ1) is 10.3. The van der Waals surface area contributed by atoms with Crippen molar-refractivity contribution in [3.05, 3.63) is 42.0 Å². The fourth-order valence-corrected chi connectivity index (χ4v) is 1.78. The molecule has 0 aliphatic carbocycles. The van der Waals surface area contributed by atoms with Crippen LogP contribution in [0.2, 0.25) is 0 Å². The molecule has 0 aliphatic rings. The van der Waals surface area contributed by atoms with E-state index in [1.807, 2.05) is 0 Å². The van der Waals surface area contributed by atoms with Gasteiger partial charge < -0.3 is 20.1 Å². The molecule has 0 radical (unpaired) electrons. The number of ether oxygens (including phenoxy) is 1. The number of aliphatic hydroxyl groups excluding tert-OH is 1. The molecule has 1 aromatic rings. The molecule has 0 amide bonds. The zero-order valence-electron chi connectivity index (χ0n) is 11.8. The maximum atomic E-state index is 12.1. The van der Waals surface area contributed by atoms with E-state index in [-0.39, 0.29) is 6.42 Å². The number of rotatable bonds is 8. The second-order valence-corrected chi connectivity index (χ2v) is 4.50. The molecule has 0 spiro atoms. The SMILES string of the molecule is COc1ccc(C(=O)C[C@@H](C=CC(=O)O)[C@@H](O)C(=O)O)cc1. The highest BCUT2D eigenvalue weighted by Crippen LogP contribution is 2.18. The Kier molecular flexibility index (Phi) is 6.27. The van der Waals surface area contributed by atoms with E-state index in [9.17, 15) is 19.5 Å². The monoisotopic (exact) mass is 308 g/mol. The average Bonchev–Trinajstić information content (AvgIpc) is 2.50. The van der Waals surface area contributed by atoms with Gasteiger partial charge in [0.05, 0.1) is 7.11 Å². The van der Waals surface area contributed by atoms with Crippen molar-refractivity contribution in [2.24, 2.45) is 5.92 Å². The molecule has 0 fully saturated rings. The fourth-order valence-electron chi connectivity index (χ4n) is 1.78. The van der Waals surface area contributed by atoms with E-state index in [4.69, 9.17) is 14.9 Å². The van der Waals surface area contributed by atoms with Crippen molar-refractivity contribution in [3.8, 4) is 5.75 Å². The lowest BCUT2D eigenvalue weighted by molar-refractivity contribution is -0.148. The number of carbonyl (C=O) groups is 3. The maximum Gasteiger partial charge on any atom is 0.333 e. The number of aliphatic carboxylic acids is 2. The number of benzene rings is 1. The van der Waals surface area contributed by atoms with Gasteiger partial charge in [-0.25, -0.2) is 9.59 Å². The first-order valence-corrected chi connectivity index (χ1v) is 6.34. The van der Waals surface area contributed by atoms with Gasteiger partial charge in [0.2, 0.25) is 0 Å². The third kappa shape index (κ3) is 5.02. The van der Waals surface area contributed by atoms with Crippen LogP contribution in [0, 0.1) is 5.92 Å². The van der Waals surface area contributed by atoms with Gasteiger partial charge in [-0.15, -0.1) is 0 Å². The smallest absolute Gasteiger partial charge is 0.333 e. The predicted molar refractivity (Wildman–Crippen MR) is 75.8 cm³/mol. The maximum absolute atomic E-state index is 12.1. The number of carbonyl (C=O) groups excluding carboxylic acids is 1. The Bertz CT molecular complexity index is 574. The molecule has 1 aromatic carbocycles. The normalized spacial score (nSPS) is 13.5. The molecule has 0 heterocycles. The third-order valence-corrected chi connectivity index (χ3v) is 2.98. The van der Waals surface area contributed by atoms with Crippen LogP contribution in [-0.4, -0.2) is 46.3 Å². The number of carboxylic acid groups (broad SMARTS) is 2. The standard InChI is InChI=1S/C15H16O7/c1-22-11-5-2-9(3-6-11)12(16)8-10(4-7-13(17)18)14(19)15(20)21/h2-7,10,14,19H,8H2,1H3,(H,17,18)(H,20,21)/t10-,14-/m1/s1. The lowest BCUT2D eigenvalue weighted by Crippen LogP contribution is -2.30. The summed E-state index contributed by atoms with van der Waals surface area (Å²) in [6.45, 7) is 0. The summed E-state index contributed by atoms with van der Waals surface area (Å²) in [5.74, 6) is -3.81. The average molecular weight is 308 g/mol. The minimum atomic E-state index is -1.86. The Morgan fingerprint density at radius 2 is 1.77 bits per heavy atom. The van der Waals surface area contributed by atoms with E-state index in [1.54, 1.807) is 12.1 Å².